The van der Waals surface area contributed by atoms with Gasteiger partial charge in [-0.3, -0.25) is 14.9 Å². The number of nitro groups is 1. The highest BCUT2D eigenvalue weighted by Crippen LogP contribution is 2.25. The molecule has 0 spiro atoms. The van der Waals surface area contributed by atoms with Crippen LogP contribution in [0.1, 0.15) is 24.8 Å². The molecule has 0 aromatic heterocycles. The lowest BCUT2D eigenvalue weighted by Gasteiger charge is -2.26. The number of aryl methyl sites for hydroxylation is 1. The van der Waals surface area contributed by atoms with Crippen molar-refractivity contribution in [1.82, 2.24) is 4.31 Å². The van der Waals surface area contributed by atoms with Crippen LogP contribution < -0.4 is 10.6 Å². The Morgan fingerprint density at radius 1 is 1.13 bits per heavy atom. The molecule has 0 unspecified atom stereocenters. The maximum atomic E-state index is 12.8. The molecule has 10 heteroatoms. The molecule has 2 aromatic rings. The summed E-state index contributed by atoms with van der Waals surface area (Å²) in [5.41, 5.74) is 1.11. The molecule has 1 fully saturated rings. The number of sulfonamides is 1. The van der Waals surface area contributed by atoms with Gasteiger partial charge in [0.25, 0.3) is 5.69 Å². The molecule has 1 saturated heterocycles. The second kappa shape index (κ2) is 9.23. The number of hydrogen-bond donors (Lipinski definition) is 2. The van der Waals surface area contributed by atoms with Crippen LogP contribution in [0, 0.1) is 17.0 Å². The average molecular weight is 433 g/mol. The van der Waals surface area contributed by atoms with Gasteiger partial charge in [-0.25, -0.2) is 8.42 Å². The first-order valence-electron chi connectivity index (χ1n) is 9.66. The summed E-state index contributed by atoms with van der Waals surface area (Å²) in [5, 5.41) is 16.6. The van der Waals surface area contributed by atoms with E-state index in [0.717, 1.165) is 19.3 Å². The first kappa shape index (κ1) is 21.7. The molecular weight excluding hydrogens is 408 g/mol. The number of carbonyl (C=O) groups excluding carboxylic acids is 1. The number of hydrogen-bond acceptors (Lipinski definition) is 6. The van der Waals surface area contributed by atoms with Crippen LogP contribution in [0.25, 0.3) is 0 Å². The van der Waals surface area contributed by atoms with Crippen molar-refractivity contribution >= 4 is 33.0 Å². The number of nitro benzene ring substituents is 1. The molecule has 1 amide bonds. The van der Waals surface area contributed by atoms with E-state index in [4.69, 9.17) is 0 Å². The topological polar surface area (TPSA) is 122 Å². The number of carbonyl (C=O) groups is 1. The Morgan fingerprint density at radius 3 is 2.57 bits per heavy atom. The number of benzene rings is 2. The maximum Gasteiger partial charge on any atom is 0.293 e. The van der Waals surface area contributed by atoms with E-state index < -0.39 is 20.9 Å². The molecule has 160 valence electrons. The van der Waals surface area contributed by atoms with Gasteiger partial charge in [0.05, 0.1) is 16.4 Å². The van der Waals surface area contributed by atoms with E-state index in [-0.39, 0.29) is 22.8 Å². The largest absolute Gasteiger partial charge is 0.376 e. The molecule has 1 aliphatic heterocycles. The van der Waals surface area contributed by atoms with Gasteiger partial charge in [0.1, 0.15) is 5.69 Å². The molecule has 0 radical (unpaired) electrons. The van der Waals surface area contributed by atoms with E-state index in [2.05, 4.69) is 10.6 Å². The summed E-state index contributed by atoms with van der Waals surface area (Å²) in [6, 6.07) is 10.8. The van der Waals surface area contributed by atoms with Crippen molar-refractivity contribution in [2.75, 3.05) is 30.3 Å². The number of piperidine rings is 1. The minimum absolute atomic E-state index is 0.110. The van der Waals surface area contributed by atoms with Crippen LogP contribution in [0.5, 0.6) is 0 Å². The van der Waals surface area contributed by atoms with Crippen LogP contribution >= 0.6 is 0 Å². The number of anilines is 2. The van der Waals surface area contributed by atoms with Crippen molar-refractivity contribution < 1.29 is 18.1 Å². The zero-order valence-electron chi connectivity index (χ0n) is 16.6. The van der Waals surface area contributed by atoms with Crippen LogP contribution in [-0.4, -0.2) is 43.2 Å². The Morgan fingerprint density at radius 2 is 1.87 bits per heavy atom. The molecule has 30 heavy (non-hydrogen) atoms. The predicted molar refractivity (Wildman–Crippen MR) is 114 cm³/mol. The number of rotatable bonds is 7. The average Bonchev–Trinajstić information content (AvgIpc) is 2.74. The fraction of sp³-hybridized carbons (Fsp3) is 0.350. The van der Waals surface area contributed by atoms with Gasteiger partial charge in [0.2, 0.25) is 15.9 Å². The molecule has 0 atom stereocenters. The lowest BCUT2D eigenvalue weighted by molar-refractivity contribution is -0.384. The Bertz CT molecular complexity index is 1050. The number of nitrogens with zero attached hydrogens (tertiary/aromatic N) is 2. The molecule has 1 heterocycles. The lowest BCUT2D eigenvalue weighted by Crippen LogP contribution is -2.35. The fourth-order valence-corrected chi connectivity index (χ4v) is 4.86. The van der Waals surface area contributed by atoms with E-state index in [1.54, 1.807) is 25.1 Å². The second-order valence-corrected chi connectivity index (χ2v) is 9.11. The van der Waals surface area contributed by atoms with E-state index in [0.29, 0.717) is 24.3 Å². The van der Waals surface area contributed by atoms with Gasteiger partial charge >= 0.3 is 0 Å². The van der Waals surface area contributed by atoms with E-state index >= 15 is 0 Å². The van der Waals surface area contributed by atoms with Gasteiger partial charge in [-0.05, 0) is 49.6 Å². The summed E-state index contributed by atoms with van der Waals surface area (Å²) in [6.07, 6.45) is 2.73. The van der Waals surface area contributed by atoms with Gasteiger partial charge in [-0.2, -0.15) is 4.31 Å². The van der Waals surface area contributed by atoms with Crippen LogP contribution in [-0.2, 0) is 14.8 Å². The molecule has 2 aromatic carbocycles. The lowest BCUT2D eigenvalue weighted by atomic mass is 10.2. The number of nitrogens with one attached hydrogen (secondary N) is 2. The summed E-state index contributed by atoms with van der Waals surface area (Å²) in [5.74, 6) is -0.480. The molecule has 9 nitrogen and oxygen atoms in total. The van der Waals surface area contributed by atoms with Crippen molar-refractivity contribution in [2.24, 2.45) is 0 Å². The van der Waals surface area contributed by atoms with Crippen molar-refractivity contribution in [3.63, 3.8) is 0 Å². The highest BCUT2D eigenvalue weighted by Gasteiger charge is 2.26. The molecule has 0 aliphatic carbocycles. The smallest absolute Gasteiger partial charge is 0.293 e. The zero-order chi connectivity index (χ0) is 21.7. The standard InChI is InChI=1S/C20H24N4O5S/c1-15-8-9-18(19(12-15)24(26)27)22-20(25)14-21-16-6-5-7-17(13-16)30(28,29)23-10-3-2-4-11-23/h5-9,12-13,21H,2-4,10-11,14H2,1H3,(H,22,25). The zero-order valence-corrected chi connectivity index (χ0v) is 17.4. The summed E-state index contributed by atoms with van der Waals surface area (Å²) in [7, 11) is -3.57. The maximum absolute atomic E-state index is 12.8. The van der Waals surface area contributed by atoms with E-state index in [1.165, 1.54) is 28.6 Å². The van der Waals surface area contributed by atoms with Crippen LogP contribution in [0.3, 0.4) is 0 Å². The minimum Gasteiger partial charge on any atom is -0.376 e. The van der Waals surface area contributed by atoms with Gasteiger partial charge in [0.15, 0.2) is 0 Å². The highest BCUT2D eigenvalue weighted by molar-refractivity contribution is 7.89. The SMILES string of the molecule is Cc1ccc(NC(=O)CNc2cccc(S(=O)(=O)N3CCCCC3)c2)c([N+](=O)[O-])c1. The predicted octanol–water partition coefficient (Wildman–Crippen LogP) is 3.13. The summed E-state index contributed by atoms with van der Waals surface area (Å²) < 4.78 is 27.1. The Balaban J connectivity index is 1.66. The molecule has 0 bridgehead atoms. The van der Waals surface area contributed by atoms with E-state index in [9.17, 15) is 23.3 Å². The molecular formula is C20H24N4O5S. The Kier molecular flexibility index (Phi) is 6.68. The first-order valence-corrected chi connectivity index (χ1v) is 11.1. The van der Waals surface area contributed by atoms with Crippen molar-refractivity contribution in [3.05, 3.63) is 58.1 Å². The van der Waals surface area contributed by atoms with Gasteiger partial charge in [0, 0.05) is 24.8 Å². The van der Waals surface area contributed by atoms with Gasteiger partial charge in [-0.1, -0.05) is 18.6 Å². The Hall–Kier alpha value is -2.98. The monoisotopic (exact) mass is 432 g/mol. The van der Waals surface area contributed by atoms with Gasteiger partial charge in [-0.15, -0.1) is 0 Å². The molecule has 2 N–H and O–H groups in total. The second-order valence-electron chi connectivity index (χ2n) is 7.17. The molecule has 1 aliphatic rings. The van der Waals surface area contributed by atoms with Gasteiger partial charge < -0.3 is 10.6 Å². The Labute approximate surface area is 175 Å². The quantitative estimate of drug-likeness (QED) is 0.512. The number of amides is 1. The van der Waals surface area contributed by atoms with Crippen molar-refractivity contribution in [3.8, 4) is 0 Å². The normalized spacial score (nSPS) is 14.8. The van der Waals surface area contributed by atoms with Crippen molar-refractivity contribution in [2.45, 2.75) is 31.1 Å². The summed E-state index contributed by atoms with van der Waals surface area (Å²) >= 11 is 0. The summed E-state index contributed by atoms with van der Waals surface area (Å²) in [6.45, 7) is 2.58. The molecule has 3 rings (SSSR count). The van der Waals surface area contributed by atoms with Crippen LogP contribution in [0.4, 0.5) is 17.1 Å². The first-order chi connectivity index (χ1) is 14.3. The highest BCUT2D eigenvalue weighted by atomic mass is 32.2. The van der Waals surface area contributed by atoms with Crippen LogP contribution in [0.2, 0.25) is 0 Å². The van der Waals surface area contributed by atoms with Crippen LogP contribution in [0.15, 0.2) is 47.4 Å². The fourth-order valence-electron chi connectivity index (χ4n) is 3.30. The molecule has 0 saturated carbocycles. The third-order valence-corrected chi connectivity index (χ3v) is 6.76. The van der Waals surface area contributed by atoms with E-state index in [1.807, 2.05) is 0 Å². The van der Waals surface area contributed by atoms with Crippen molar-refractivity contribution in [1.29, 1.82) is 0 Å². The summed E-state index contributed by atoms with van der Waals surface area (Å²) in [4.78, 5) is 23.0. The minimum atomic E-state index is -3.57. The third-order valence-electron chi connectivity index (χ3n) is 4.86. The third kappa shape index (κ3) is 5.14.